The Kier molecular flexibility index (Phi) is 4.02. The van der Waals surface area contributed by atoms with Crippen molar-refractivity contribution < 1.29 is 4.79 Å². The highest BCUT2D eigenvalue weighted by Gasteiger charge is 2.04. The fraction of sp³-hybridized carbons (Fsp3) is 0. The van der Waals surface area contributed by atoms with E-state index in [9.17, 15) is 4.79 Å². The van der Waals surface area contributed by atoms with E-state index < -0.39 is 6.03 Å². The summed E-state index contributed by atoms with van der Waals surface area (Å²) in [7, 11) is 0. The maximum atomic E-state index is 11.6. The minimum absolute atomic E-state index is 0.382. The Bertz CT molecular complexity index is 561. The van der Waals surface area contributed by atoms with Crippen LogP contribution in [0.5, 0.6) is 0 Å². The first-order valence-electron chi connectivity index (χ1n) is 5.09. The van der Waals surface area contributed by atoms with Gasteiger partial charge in [0.05, 0.1) is 10.0 Å². The van der Waals surface area contributed by atoms with E-state index >= 15 is 0 Å². The number of nitrogens with one attached hydrogen (secondary N) is 2. The molecule has 0 aliphatic rings. The molecule has 1 aromatic heterocycles. The molecular formula is C12H9Cl2N3O. The number of carbonyl (C=O) groups is 1. The minimum Gasteiger partial charge on any atom is -0.308 e. The number of anilines is 2. The monoisotopic (exact) mass is 281 g/mol. The van der Waals surface area contributed by atoms with E-state index in [2.05, 4.69) is 15.6 Å². The summed E-state index contributed by atoms with van der Waals surface area (Å²) in [5, 5.41) is 6.03. The Morgan fingerprint density at radius 1 is 1.06 bits per heavy atom. The van der Waals surface area contributed by atoms with E-state index in [0.29, 0.717) is 21.6 Å². The van der Waals surface area contributed by atoms with Crippen LogP contribution in [0.1, 0.15) is 0 Å². The standard InChI is InChI=1S/C12H9Cl2N3O/c13-9-5-4-8(7-10(9)14)16-12(18)17-11-3-1-2-6-15-11/h1-7H,(H2,15,16,17,18). The number of nitrogens with zero attached hydrogens (tertiary/aromatic N) is 1. The Morgan fingerprint density at radius 2 is 1.89 bits per heavy atom. The molecule has 0 radical (unpaired) electrons. The second kappa shape index (κ2) is 5.71. The second-order valence-corrected chi connectivity index (χ2v) is 4.24. The molecule has 4 nitrogen and oxygen atoms in total. The number of urea groups is 1. The lowest BCUT2D eigenvalue weighted by Crippen LogP contribution is -2.19. The van der Waals surface area contributed by atoms with Crippen LogP contribution in [0.3, 0.4) is 0 Å². The van der Waals surface area contributed by atoms with Crippen molar-refractivity contribution in [2.45, 2.75) is 0 Å². The molecule has 2 amide bonds. The quantitative estimate of drug-likeness (QED) is 0.873. The first-order chi connectivity index (χ1) is 8.65. The summed E-state index contributed by atoms with van der Waals surface area (Å²) < 4.78 is 0. The Morgan fingerprint density at radius 3 is 2.56 bits per heavy atom. The Balaban J connectivity index is 2.01. The van der Waals surface area contributed by atoms with Crippen LogP contribution in [0.2, 0.25) is 10.0 Å². The summed E-state index contributed by atoms with van der Waals surface area (Å²) in [5.41, 5.74) is 0.554. The number of benzene rings is 1. The van der Waals surface area contributed by atoms with Crippen molar-refractivity contribution in [2.75, 3.05) is 10.6 Å². The zero-order valence-corrected chi connectivity index (χ0v) is 10.7. The van der Waals surface area contributed by atoms with Gasteiger partial charge in [-0.25, -0.2) is 9.78 Å². The van der Waals surface area contributed by atoms with Crippen LogP contribution in [-0.4, -0.2) is 11.0 Å². The number of pyridine rings is 1. The van der Waals surface area contributed by atoms with Crippen LogP contribution < -0.4 is 10.6 Å². The molecule has 0 fully saturated rings. The van der Waals surface area contributed by atoms with Gasteiger partial charge in [-0.15, -0.1) is 0 Å². The maximum absolute atomic E-state index is 11.6. The highest BCUT2D eigenvalue weighted by molar-refractivity contribution is 6.42. The largest absolute Gasteiger partial charge is 0.324 e. The van der Waals surface area contributed by atoms with Gasteiger partial charge in [-0.1, -0.05) is 29.3 Å². The van der Waals surface area contributed by atoms with Crippen molar-refractivity contribution in [3.8, 4) is 0 Å². The van der Waals surface area contributed by atoms with Crippen molar-refractivity contribution in [1.82, 2.24) is 4.98 Å². The molecular weight excluding hydrogens is 273 g/mol. The molecule has 2 rings (SSSR count). The fourth-order valence-electron chi connectivity index (χ4n) is 1.29. The van der Waals surface area contributed by atoms with Gasteiger partial charge in [0.25, 0.3) is 0 Å². The molecule has 0 aliphatic heterocycles. The lowest BCUT2D eigenvalue weighted by atomic mass is 10.3. The van der Waals surface area contributed by atoms with Gasteiger partial charge in [0.1, 0.15) is 5.82 Å². The molecule has 6 heteroatoms. The average Bonchev–Trinajstić information content (AvgIpc) is 2.35. The zero-order valence-electron chi connectivity index (χ0n) is 9.15. The van der Waals surface area contributed by atoms with Gasteiger partial charge in [-0.05, 0) is 30.3 Å². The van der Waals surface area contributed by atoms with Crippen molar-refractivity contribution in [2.24, 2.45) is 0 Å². The van der Waals surface area contributed by atoms with Gasteiger partial charge in [0.15, 0.2) is 0 Å². The molecule has 18 heavy (non-hydrogen) atoms. The van der Waals surface area contributed by atoms with Crippen LogP contribution in [0, 0.1) is 0 Å². The van der Waals surface area contributed by atoms with Crippen LogP contribution in [0.15, 0.2) is 42.6 Å². The van der Waals surface area contributed by atoms with Crippen LogP contribution in [-0.2, 0) is 0 Å². The van der Waals surface area contributed by atoms with Gasteiger partial charge in [-0.2, -0.15) is 0 Å². The summed E-state index contributed by atoms with van der Waals surface area (Å²) >= 11 is 11.6. The predicted octanol–water partition coefficient (Wildman–Crippen LogP) is 4.03. The van der Waals surface area contributed by atoms with E-state index in [-0.39, 0.29) is 0 Å². The van der Waals surface area contributed by atoms with Gasteiger partial charge < -0.3 is 5.32 Å². The van der Waals surface area contributed by atoms with Crippen LogP contribution >= 0.6 is 23.2 Å². The molecule has 92 valence electrons. The topological polar surface area (TPSA) is 54.0 Å². The van der Waals surface area contributed by atoms with E-state index in [1.54, 1.807) is 42.6 Å². The van der Waals surface area contributed by atoms with Crippen molar-refractivity contribution in [3.63, 3.8) is 0 Å². The summed E-state index contributed by atoms with van der Waals surface area (Å²) in [6.07, 6.45) is 1.59. The third-order valence-corrected chi connectivity index (χ3v) is 2.82. The maximum Gasteiger partial charge on any atom is 0.324 e. The van der Waals surface area contributed by atoms with Crippen molar-refractivity contribution in [1.29, 1.82) is 0 Å². The molecule has 2 N–H and O–H groups in total. The van der Waals surface area contributed by atoms with Gasteiger partial charge in [0.2, 0.25) is 0 Å². The number of carbonyl (C=O) groups excluding carboxylic acids is 1. The first kappa shape index (κ1) is 12.7. The first-order valence-corrected chi connectivity index (χ1v) is 5.85. The molecule has 0 unspecified atom stereocenters. The molecule has 1 aromatic carbocycles. The van der Waals surface area contributed by atoms with Gasteiger partial charge in [-0.3, -0.25) is 5.32 Å². The molecule has 0 aliphatic carbocycles. The van der Waals surface area contributed by atoms with Crippen molar-refractivity contribution >= 4 is 40.7 Å². The van der Waals surface area contributed by atoms with E-state index in [0.717, 1.165) is 0 Å². The minimum atomic E-state index is -0.396. The fourth-order valence-corrected chi connectivity index (χ4v) is 1.59. The molecule has 2 aromatic rings. The van der Waals surface area contributed by atoms with Gasteiger partial charge >= 0.3 is 6.03 Å². The van der Waals surface area contributed by atoms with Gasteiger partial charge in [0, 0.05) is 11.9 Å². The van der Waals surface area contributed by atoms with Crippen molar-refractivity contribution in [3.05, 3.63) is 52.6 Å². The number of aromatic nitrogens is 1. The number of hydrogen-bond donors (Lipinski definition) is 2. The summed E-state index contributed by atoms with van der Waals surface area (Å²) in [4.78, 5) is 15.6. The molecule has 0 saturated carbocycles. The predicted molar refractivity (Wildman–Crippen MR) is 73.3 cm³/mol. The lowest BCUT2D eigenvalue weighted by Gasteiger charge is -2.07. The summed E-state index contributed by atoms with van der Waals surface area (Å²) in [6, 6.07) is 9.68. The summed E-state index contributed by atoms with van der Waals surface area (Å²) in [5.74, 6) is 0.468. The van der Waals surface area contributed by atoms with E-state index in [4.69, 9.17) is 23.2 Å². The van der Waals surface area contributed by atoms with Crippen LogP contribution in [0.4, 0.5) is 16.3 Å². The Hall–Kier alpha value is -1.78. The molecule has 0 spiro atoms. The highest BCUT2D eigenvalue weighted by atomic mass is 35.5. The Labute approximate surface area is 114 Å². The summed E-state index contributed by atoms with van der Waals surface area (Å²) in [6.45, 7) is 0. The second-order valence-electron chi connectivity index (χ2n) is 3.42. The van der Waals surface area contributed by atoms with E-state index in [1.807, 2.05) is 0 Å². The highest BCUT2D eigenvalue weighted by Crippen LogP contribution is 2.24. The third kappa shape index (κ3) is 3.35. The number of amides is 2. The average molecular weight is 282 g/mol. The van der Waals surface area contributed by atoms with E-state index in [1.165, 1.54) is 0 Å². The molecule has 0 saturated heterocycles. The smallest absolute Gasteiger partial charge is 0.308 e. The number of halogens is 2. The molecule has 1 heterocycles. The zero-order chi connectivity index (χ0) is 13.0. The van der Waals surface area contributed by atoms with Crippen LogP contribution in [0.25, 0.3) is 0 Å². The third-order valence-electron chi connectivity index (χ3n) is 2.08. The number of hydrogen-bond acceptors (Lipinski definition) is 2. The molecule has 0 atom stereocenters. The lowest BCUT2D eigenvalue weighted by molar-refractivity contribution is 0.262. The normalized spacial score (nSPS) is 9.89. The molecule has 0 bridgehead atoms. The number of rotatable bonds is 2. The SMILES string of the molecule is O=C(Nc1ccc(Cl)c(Cl)c1)Nc1ccccn1.